The Balaban J connectivity index is 1.64. The van der Waals surface area contributed by atoms with Gasteiger partial charge in [0, 0.05) is 44.1 Å². The number of nitrogens with two attached hydrogens (primary N) is 1. The second-order valence-electron chi connectivity index (χ2n) is 6.83. The van der Waals surface area contributed by atoms with Crippen molar-refractivity contribution in [2.24, 2.45) is 5.73 Å². The van der Waals surface area contributed by atoms with E-state index in [9.17, 15) is 13.6 Å². The first-order chi connectivity index (χ1) is 12.9. The van der Waals surface area contributed by atoms with Gasteiger partial charge in [0.2, 0.25) is 0 Å². The van der Waals surface area contributed by atoms with Crippen LogP contribution in [0.4, 0.5) is 8.78 Å². The largest absolute Gasteiger partial charge is 0.364 e. The predicted molar refractivity (Wildman–Crippen MR) is 96.8 cm³/mol. The van der Waals surface area contributed by atoms with E-state index in [0.29, 0.717) is 30.7 Å². The first kappa shape index (κ1) is 17.5. The third kappa shape index (κ3) is 3.52. The third-order valence-corrected chi connectivity index (χ3v) is 4.84. The van der Waals surface area contributed by atoms with Crippen LogP contribution in [0.2, 0.25) is 0 Å². The lowest BCUT2D eigenvalue weighted by Gasteiger charge is -2.31. The fourth-order valence-electron chi connectivity index (χ4n) is 3.42. The van der Waals surface area contributed by atoms with Crippen LogP contribution in [0, 0.1) is 0 Å². The van der Waals surface area contributed by atoms with Crippen LogP contribution in [0.3, 0.4) is 0 Å². The number of halogens is 2. The number of piperidine rings is 1. The number of alkyl halides is 2. The van der Waals surface area contributed by atoms with Crippen molar-refractivity contribution in [2.75, 3.05) is 13.1 Å². The van der Waals surface area contributed by atoms with Crippen molar-refractivity contribution >= 4 is 16.8 Å². The first-order valence-corrected chi connectivity index (χ1v) is 8.75. The van der Waals surface area contributed by atoms with E-state index in [2.05, 4.69) is 10.1 Å². The van der Waals surface area contributed by atoms with Gasteiger partial charge < -0.3 is 5.73 Å². The van der Waals surface area contributed by atoms with Gasteiger partial charge >= 0.3 is 0 Å². The zero-order valence-corrected chi connectivity index (χ0v) is 14.6. The molecular weight excluding hydrogens is 352 g/mol. The summed E-state index contributed by atoms with van der Waals surface area (Å²) in [5.74, 6) is -3.15. The van der Waals surface area contributed by atoms with Gasteiger partial charge in [0.25, 0.3) is 11.8 Å². The number of pyridine rings is 1. The van der Waals surface area contributed by atoms with Gasteiger partial charge in [0.05, 0.1) is 17.4 Å². The lowest BCUT2D eigenvalue weighted by molar-refractivity contribution is -0.0566. The molecule has 3 aromatic rings. The Morgan fingerprint density at radius 2 is 1.93 bits per heavy atom. The average molecular weight is 371 g/mol. The van der Waals surface area contributed by atoms with E-state index < -0.39 is 11.8 Å². The van der Waals surface area contributed by atoms with Crippen LogP contribution < -0.4 is 5.73 Å². The molecule has 0 unspecified atom stereocenters. The lowest BCUT2D eigenvalue weighted by Crippen LogP contribution is -2.38. The minimum atomic E-state index is -2.56. The minimum Gasteiger partial charge on any atom is -0.364 e. The number of aromatic nitrogens is 3. The van der Waals surface area contributed by atoms with Crippen LogP contribution >= 0.6 is 0 Å². The molecule has 4 rings (SSSR count). The highest BCUT2D eigenvalue weighted by Gasteiger charge is 2.33. The normalized spacial score (nSPS) is 17.3. The Labute approximate surface area is 154 Å². The molecule has 2 aromatic heterocycles. The van der Waals surface area contributed by atoms with Crippen molar-refractivity contribution in [1.82, 2.24) is 19.7 Å². The Kier molecular flexibility index (Phi) is 4.35. The van der Waals surface area contributed by atoms with Crippen molar-refractivity contribution in [3.8, 4) is 5.69 Å². The fraction of sp³-hybridized carbons (Fsp3) is 0.316. The number of primary amides is 1. The number of benzene rings is 1. The van der Waals surface area contributed by atoms with E-state index in [-0.39, 0.29) is 18.5 Å². The molecule has 27 heavy (non-hydrogen) atoms. The summed E-state index contributed by atoms with van der Waals surface area (Å²) in [6, 6.07) is 9.24. The van der Waals surface area contributed by atoms with E-state index in [1.807, 2.05) is 29.2 Å². The van der Waals surface area contributed by atoms with Gasteiger partial charge in [-0.1, -0.05) is 18.2 Å². The van der Waals surface area contributed by atoms with Crippen molar-refractivity contribution < 1.29 is 13.6 Å². The molecule has 6 nitrogen and oxygen atoms in total. The van der Waals surface area contributed by atoms with Gasteiger partial charge in [-0.15, -0.1) is 0 Å². The lowest BCUT2D eigenvalue weighted by atomic mass is 10.1. The molecule has 0 bridgehead atoms. The van der Waals surface area contributed by atoms with Crippen LogP contribution in [0.1, 0.15) is 28.9 Å². The number of para-hydroxylation sites is 1. The van der Waals surface area contributed by atoms with Crippen LogP contribution in [-0.2, 0) is 6.54 Å². The van der Waals surface area contributed by atoms with Gasteiger partial charge in [0.15, 0.2) is 5.69 Å². The smallest absolute Gasteiger partial charge is 0.269 e. The highest BCUT2D eigenvalue weighted by molar-refractivity contribution is 6.04. The van der Waals surface area contributed by atoms with Gasteiger partial charge in [-0.2, -0.15) is 5.10 Å². The molecule has 1 aromatic carbocycles. The Morgan fingerprint density at radius 3 is 2.67 bits per heavy atom. The second-order valence-corrected chi connectivity index (χ2v) is 6.83. The molecule has 2 N–H and O–H groups in total. The van der Waals surface area contributed by atoms with Crippen LogP contribution in [-0.4, -0.2) is 44.6 Å². The molecule has 1 aliphatic rings. The summed E-state index contributed by atoms with van der Waals surface area (Å²) >= 11 is 0. The van der Waals surface area contributed by atoms with Crippen LogP contribution in [0.25, 0.3) is 16.6 Å². The third-order valence-electron chi connectivity index (χ3n) is 4.84. The molecule has 1 amide bonds. The molecule has 0 spiro atoms. The standard InChI is InChI=1S/C19H19F2N5O/c20-19(21)5-7-25(8-6-19)12-13-9-14(11-23-10-13)26-16-4-2-1-3-15(16)17(24-26)18(22)27/h1-4,9-11H,5-8,12H2,(H2,22,27). The molecule has 3 heterocycles. The average Bonchev–Trinajstić information content (AvgIpc) is 3.04. The monoisotopic (exact) mass is 371 g/mol. The molecule has 1 fully saturated rings. The zero-order chi connectivity index (χ0) is 19.0. The van der Waals surface area contributed by atoms with Crippen molar-refractivity contribution in [2.45, 2.75) is 25.3 Å². The van der Waals surface area contributed by atoms with Crippen molar-refractivity contribution in [3.05, 3.63) is 54.0 Å². The minimum absolute atomic E-state index is 0.119. The Bertz CT molecular complexity index is 991. The summed E-state index contributed by atoms with van der Waals surface area (Å²) in [5.41, 5.74) is 8.00. The van der Waals surface area contributed by atoms with E-state index >= 15 is 0 Å². The van der Waals surface area contributed by atoms with Gasteiger partial charge in [-0.3, -0.25) is 14.7 Å². The molecule has 0 aliphatic carbocycles. The van der Waals surface area contributed by atoms with E-state index in [0.717, 1.165) is 11.1 Å². The quantitative estimate of drug-likeness (QED) is 0.765. The van der Waals surface area contributed by atoms with Crippen molar-refractivity contribution in [1.29, 1.82) is 0 Å². The number of nitrogens with zero attached hydrogens (tertiary/aromatic N) is 4. The molecule has 8 heteroatoms. The first-order valence-electron chi connectivity index (χ1n) is 8.75. The summed E-state index contributed by atoms with van der Waals surface area (Å²) in [6.07, 6.45) is 3.13. The summed E-state index contributed by atoms with van der Waals surface area (Å²) in [6.45, 7) is 1.25. The number of hydrogen-bond acceptors (Lipinski definition) is 4. The van der Waals surface area contributed by atoms with E-state index in [1.165, 1.54) is 0 Å². The maximum absolute atomic E-state index is 13.3. The number of carbonyl (C=O) groups is 1. The number of carbonyl (C=O) groups excluding carboxylic acids is 1. The van der Waals surface area contributed by atoms with Crippen molar-refractivity contribution in [3.63, 3.8) is 0 Å². The van der Waals surface area contributed by atoms with Crippen LogP contribution in [0.5, 0.6) is 0 Å². The predicted octanol–water partition coefficient (Wildman–Crippen LogP) is 2.75. The summed E-state index contributed by atoms with van der Waals surface area (Å²) in [4.78, 5) is 18.0. The summed E-state index contributed by atoms with van der Waals surface area (Å²) < 4.78 is 28.3. The second kappa shape index (κ2) is 6.70. The molecule has 0 saturated carbocycles. The van der Waals surface area contributed by atoms with Gasteiger partial charge in [0.1, 0.15) is 0 Å². The van der Waals surface area contributed by atoms with Gasteiger partial charge in [-0.25, -0.2) is 13.5 Å². The highest BCUT2D eigenvalue weighted by Crippen LogP contribution is 2.28. The number of likely N-dealkylation sites (tertiary alicyclic amines) is 1. The summed E-state index contributed by atoms with van der Waals surface area (Å²) in [7, 11) is 0. The van der Waals surface area contributed by atoms with E-state index in [4.69, 9.17) is 5.73 Å². The number of fused-ring (bicyclic) bond motifs is 1. The molecule has 1 saturated heterocycles. The van der Waals surface area contributed by atoms with Crippen LogP contribution in [0.15, 0.2) is 42.7 Å². The maximum atomic E-state index is 13.3. The zero-order valence-electron chi connectivity index (χ0n) is 14.6. The van der Waals surface area contributed by atoms with Gasteiger partial charge in [-0.05, 0) is 17.7 Å². The highest BCUT2D eigenvalue weighted by atomic mass is 19.3. The number of rotatable bonds is 4. The Morgan fingerprint density at radius 1 is 1.19 bits per heavy atom. The molecule has 0 atom stereocenters. The SMILES string of the molecule is NC(=O)c1nn(-c2cncc(CN3CCC(F)(F)CC3)c2)c2ccccc12. The topological polar surface area (TPSA) is 77.0 Å². The summed E-state index contributed by atoms with van der Waals surface area (Å²) in [5, 5.41) is 5.03. The van der Waals surface area contributed by atoms with E-state index in [1.54, 1.807) is 23.1 Å². The maximum Gasteiger partial charge on any atom is 0.269 e. The molecule has 140 valence electrons. The molecular formula is C19H19F2N5O. The Hall–Kier alpha value is -2.87. The number of amides is 1. The molecule has 1 aliphatic heterocycles. The molecule has 0 radical (unpaired) electrons. The fourth-order valence-corrected chi connectivity index (χ4v) is 3.42. The number of hydrogen-bond donors (Lipinski definition) is 1.